The van der Waals surface area contributed by atoms with Crippen LogP contribution in [-0.2, 0) is 4.74 Å². The van der Waals surface area contributed by atoms with Crippen LogP contribution < -0.4 is 4.90 Å². The highest BCUT2D eigenvalue weighted by Crippen LogP contribution is 2.35. The van der Waals surface area contributed by atoms with Gasteiger partial charge in [-0.25, -0.2) is 9.78 Å². The van der Waals surface area contributed by atoms with Gasteiger partial charge in [0.15, 0.2) is 0 Å². The molecule has 0 aliphatic carbocycles. The molecule has 0 bridgehead atoms. The second-order valence-corrected chi connectivity index (χ2v) is 9.14. The first-order valence-corrected chi connectivity index (χ1v) is 12.6. The fraction of sp³-hybridized carbons (Fsp3) is 0.250. The zero-order chi connectivity index (χ0) is 23.9. The zero-order valence-electron chi connectivity index (χ0n) is 19.1. The van der Waals surface area contributed by atoms with E-state index in [4.69, 9.17) is 4.74 Å². The molecule has 34 heavy (non-hydrogen) atoms. The van der Waals surface area contributed by atoms with Crippen LogP contribution in [0.15, 0.2) is 75.1 Å². The van der Waals surface area contributed by atoms with Crippen molar-refractivity contribution in [3.05, 3.63) is 59.5 Å². The maximum Gasteiger partial charge on any atom is 0.348 e. The van der Waals surface area contributed by atoms with Gasteiger partial charge in [-0.2, -0.15) is 10.2 Å². The van der Waals surface area contributed by atoms with Crippen molar-refractivity contribution in [2.24, 2.45) is 20.5 Å². The molecule has 0 radical (unpaired) electrons. The van der Waals surface area contributed by atoms with Crippen LogP contribution in [0.3, 0.4) is 0 Å². The first kappa shape index (κ1) is 23.7. The number of rotatable bonds is 9. The van der Waals surface area contributed by atoms with Gasteiger partial charge in [0.25, 0.3) is 0 Å². The van der Waals surface area contributed by atoms with E-state index < -0.39 is 0 Å². The highest BCUT2D eigenvalue weighted by molar-refractivity contribution is 7.29. The summed E-state index contributed by atoms with van der Waals surface area (Å²) in [6, 6.07) is 17.2. The van der Waals surface area contributed by atoms with E-state index in [0.29, 0.717) is 22.3 Å². The van der Waals surface area contributed by atoms with Crippen molar-refractivity contribution >= 4 is 66.1 Å². The summed E-state index contributed by atoms with van der Waals surface area (Å²) in [6.45, 7) is 8.36. The van der Waals surface area contributed by atoms with Gasteiger partial charge >= 0.3 is 5.97 Å². The first-order chi connectivity index (χ1) is 16.6. The van der Waals surface area contributed by atoms with E-state index in [2.05, 4.69) is 56.3 Å². The molecule has 0 spiro atoms. The number of hydrogen-bond acceptors (Lipinski definition) is 10. The molecule has 174 valence electrons. The molecule has 0 saturated carbocycles. The summed E-state index contributed by atoms with van der Waals surface area (Å²) in [6.07, 6.45) is 0. The molecule has 0 saturated heterocycles. The molecular formula is C24H24N6O2S2. The van der Waals surface area contributed by atoms with Crippen LogP contribution in [0.2, 0.25) is 0 Å². The number of nitrogens with zero attached hydrogens (tertiary/aromatic N) is 6. The number of aromatic nitrogens is 1. The third-order valence-electron chi connectivity index (χ3n) is 4.91. The van der Waals surface area contributed by atoms with Crippen molar-refractivity contribution in [2.45, 2.75) is 20.8 Å². The molecule has 0 N–H and O–H groups in total. The monoisotopic (exact) mass is 492 g/mol. The standard InChI is InChI=1S/C24H24N6O2S2/c1-4-30(5-2)19-13-11-18(12-14-19)27-26-16-7-9-17(10-8-16)28-29-24-25-22-20(34-24)15-21(33-22)23(31)32-6-3/h7-15H,4-6H2,1-3H3. The number of hydrogen-bond donors (Lipinski definition) is 0. The van der Waals surface area contributed by atoms with Crippen LogP contribution in [-0.4, -0.2) is 30.6 Å². The average Bonchev–Trinajstić information content (AvgIpc) is 3.43. The van der Waals surface area contributed by atoms with Crippen molar-refractivity contribution in [2.75, 3.05) is 24.6 Å². The number of benzene rings is 2. The molecule has 0 fully saturated rings. The SMILES string of the molecule is CCOC(=O)c1cc2sc(N=Nc3ccc(N=Nc4ccc(N(CC)CC)cc4)cc3)nc2s1. The van der Waals surface area contributed by atoms with Crippen molar-refractivity contribution in [3.8, 4) is 0 Å². The fourth-order valence-electron chi connectivity index (χ4n) is 3.19. The molecule has 2 aromatic heterocycles. The Morgan fingerprint density at radius 3 is 1.94 bits per heavy atom. The number of thiazole rings is 1. The largest absolute Gasteiger partial charge is 0.462 e. The van der Waals surface area contributed by atoms with Crippen LogP contribution >= 0.6 is 22.7 Å². The van der Waals surface area contributed by atoms with E-state index >= 15 is 0 Å². The smallest absolute Gasteiger partial charge is 0.348 e. The van der Waals surface area contributed by atoms with Crippen LogP contribution in [0.25, 0.3) is 9.53 Å². The summed E-state index contributed by atoms with van der Waals surface area (Å²) in [5, 5.41) is 17.6. The Bertz CT molecular complexity index is 1270. The van der Waals surface area contributed by atoms with E-state index in [1.807, 2.05) is 36.4 Å². The van der Waals surface area contributed by atoms with E-state index in [1.54, 1.807) is 13.0 Å². The highest BCUT2D eigenvalue weighted by Gasteiger charge is 2.14. The summed E-state index contributed by atoms with van der Waals surface area (Å²) >= 11 is 2.68. The Balaban J connectivity index is 1.37. The number of azo groups is 2. The Labute approximate surface area is 205 Å². The third-order valence-corrected chi connectivity index (χ3v) is 6.94. The minimum absolute atomic E-state index is 0.324. The van der Waals surface area contributed by atoms with Crippen molar-refractivity contribution < 1.29 is 9.53 Å². The Morgan fingerprint density at radius 1 is 0.853 bits per heavy atom. The topological polar surface area (TPSA) is 91.9 Å². The molecule has 0 unspecified atom stereocenters. The molecule has 10 heteroatoms. The second-order valence-electron chi connectivity index (χ2n) is 7.10. The van der Waals surface area contributed by atoms with Crippen LogP contribution in [0.4, 0.5) is 27.9 Å². The number of thiophene rings is 1. The fourth-order valence-corrected chi connectivity index (χ4v) is 5.12. The van der Waals surface area contributed by atoms with E-state index in [0.717, 1.165) is 34.0 Å². The van der Waals surface area contributed by atoms with Gasteiger partial charge in [0.05, 0.1) is 28.4 Å². The lowest BCUT2D eigenvalue weighted by Crippen LogP contribution is -2.21. The van der Waals surface area contributed by atoms with Gasteiger partial charge in [0.1, 0.15) is 9.71 Å². The number of ether oxygens (including phenoxy) is 1. The summed E-state index contributed by atoms with van der Waals surface area (Å²) < 4.78 is 5.92. The number of anilines is 1. The Morgan fingerprint density at radius 2 is 1.41 bits per heavy atom. The van der Waals surface area contributed by atoms with E-state index in [-0.39, 0.29) is 5.97 Å². The lowest BCUT2D eigenvalue weighted by Gasteiger charge is -2.20. The van der Waals surface area contributed by atoms with Crippen LogP contribution in [0.5, 0.6) is 0 Å². The summed E-state index contributed by atoms with van der Waals surface area (Å²) in [5.41, 5.74) is 3.40. The molecule has 0 aliphatic rings. The van der Waals surface area contributed by atoms with Crippen molar-refractivity contribution in [1.29, 1.82) is 0 Å². The second kappa shape index (κ2) is 11.1. The molecule has 2 heterocycles. The van der Waals surface area contributed by atoms with Gasteiger partial charge in [-0.3, -0.25) is 0 Å². The molecular weight excluding hydrogens is 468 g/mol. The van der Waals surface area contributed by atoms with Crippen molar-refractivity contribution in [1.82, 2.24) is 4.98 Å². The van der Waals surface area contributed by atoms with Crippen LogP contribution in [0.1, 0.15) is 30.4 Å². The first-order valence-electron chi connectivity index (χ1n) is 11.0. The molecule has 0 amide bonds. The van der Waals surface area contributed by atoms with Gasteiger partial charge in [0, 0.05) is 18.8 Å². The number of carbonyl (C=O) groups excluding carboxylic acids is 1. The molecule has 0 atom stereocenters. The summed E-state index contributed by atoms with van der Waals surface area (Å²) in [7, 11) is 0. The zero-order valence-corrected chi connectivity index (χ0v) is 20.8. The molecule has 0 aliphatic heterocycles. The predicted octanol–water partition coefficient (Wildman–Crippen LogP) is 8.21. The van der Waals surface area contributed by atoms with E-state index in [1.165, 1.54) is 28.4 Å². The van der Waals surface area contributed by atoms with Gasteiger partial charge in [0.2, 0.25) is 5.13 Å². The van der Waals surface area contributed by atoms with Crippen LogP contribution in [0, 0.1) is 0 Å². The lowest BCUT2D eigenvalue weighted by atomic mass is 10.2. The maximum absolute atomic E-state index is 11.8. The number of esters is 1. The van der Waals surface area contributed by atoms with E-state index in [9.17, 15) is 4.79 Å². The van der Waals surface area contributed by atoms with Gasteiger partial charge in [-0.15, -0.1) is 21.6 Å². The normalized spacial score (nSPS) is 11.6. The Hall–Kier alpha value is -3.50. The maximum atomic E-state index is 11.8. The van der Waals surface area contributed by atoms with Gasteiger partial charge in [-0.05, 0) is 75.4 Å². The van der Waals surface area contributed by atoms with Gasteiger partial charge < -0.3 is 9.64 Å². The molecule has 8 nitrogen and oxygen atoms in total. The highest BCUT2D eigenvalue weighted by atomic mass is 32.1. The molecule has 4 aromatic rings. The minimum atomic E-state index is -0.324. The number of carbonyl (C=O) groups is 1. The lowest BCUT2D eigenvalue weighted by molar-refractivity contribution is 0.0532. The summed E-state index contributed by atoms with van der Waals surface area (Å²) in [4.78, 5) is 19.8. The predicted molar refractivity (Wildman–Crippen MR) is 138 cm³/mol. The quantitative estimate of drug-likeness (QED) is 0.174. The van der Waals surface area contributed by atoms with Gasteiger partial charge in [-0.1, -0.05) is 11.3 Å². The number of fused-ring (bicyclic) bond motifs is 1. The third kappa shape index (κ3) is 5.70. The van der Waals surface area contributed by atoms with Crippen molar-refractivity contribution in [3.63, 3.8) is 0 Å². The Kier molecular flexibility index (Phi) is 7.71. The minimum Gasteiger partial charge on any atom is -0.462 e. The molecule has 2 aromatic carbocycles. The molecule has 4 rings (SSSR count). The summed E-state index contributed by atoms with van der Waals surface area (Å²) in [5.74, 6) is -0.324. The average molecular weight is 493 g/mol.